The highest BCUT2D eigenvalue weighted by Gasteiger charge is 2.08. The van der Waals surface area contributed by atoms with Gasteiger partial charge in [0, 0.05) is 18.7 Å². The number of para-hydroxylation sites is 1. The number of benzene rings is 2. The van der Waals surface area contributed by atoms with Gasteiger partial charge in [-0.25, -0.2) is 14.4 Å². The SMILES string of the molecule is COc1ccccc1CNc1cnc(C(=O)NCc2ccc(F)cc2)cn1. The average Bonchev–Trinajstić information content (AvgIpc) is 2.72. The Morgan fingerprint density at radius 2 is 1.81 bits per heavy atom. The molecule has 1 heterocycles. The van der Waals surface area contributed by atoms with Crippen LogP contribution in [-0.4, -0.2) is 23.0 Å². The number of nitrogens with zero attached hydrogens (tertiary/aromatic N) is 2. The molecular weight excluding hydrogens is 347 g/mol. The lowest BCUT2D eigenvalue weighted by Crippen LogP contribution is -2.24. The molecule has 0 fully saturated rings. The molecule has 0 atom stereocenters. The second-order valence-electron chi connectivity index (χ2n) is 5.76. The fourth-order valence-electron chi connectivity index (χ4n) is 2.45. The second kappa shape index (κ2) is 8.75. The summed E-state index contributed by atoms with van der Waals surface area (Å²) in [5.41, 5.74) is 2.00. The van der Waals surface area contributed by atoms with Gasteiger partial charge in [-0.2, -0.15) is 0 Å². The fraction of sp³-hybridized carbons (Fsp3) is 0.150. The Morgan fingerprint density at radius 1 is 1.04 bits per heavy atom. The van der Waals surface area contributed by atoms with Crippen LogP contribution in [0.15, 0.2) is 60.9 Å². The first-order valence-electron chi connectivity index (χ1n) is 8.36. The van der Waals surface area contributed by atoms with Crippen molar-refractivity contribution in [3.8, 4) is 5.75 Å². The Kier molecular flexibility index (Phi) is 5.94. The van der Waals surface area contributed by atoms with E-state index in [-0.39, 0.29) is 24.0 Å². The number of hydrogen-bond acceptors (Lipinski definition) is 5. The zero-order valence-electron chi connectivity index (χ0n) is 14.8. The first-order valence-corrected chi connectivity index (χ1v) is 8.36. The summed E-state index contributed by atoms with van der Waals surface area (Å²) in [7, 11) is 1.62. The quantitative estimate of drug-likeness (QED) is 0.672. The van der Waals surface area contributed by atoms with Gasteiger partial charge < -0.3 is 15.4 Å². The molecule has 2 N–H and O–H groups in total. The lowest BCUT2D eigenvalue weighted by molar-refractivity contribution is 0.0945. The lowest BCUT2D eigenvalue weighted by atomic mass is 10.2. The predicted octanol–water partition coefficient (Wildman–Crippen LogP) is 3.17. The third-order valence-electron chi connectivity index (χ3n) is 3.90. The number of nitrogens with one attached hydrogen (secondary N) is 2. The van der Waals surface area contributed by atoms with Crippen molar-refractivity contribution in [2.75, 3.05) is 12.4 Å². The molecule has 27 heavy (non-hydrogen) atoms. The highest BCUT2D eigenvalue weighted by molar-refractivity contribution is 5.91. The molecule has 3 rings (SSSR count). The summed E-state index contributed by atoms with van der Waals surface area (Å²) >= 11 is 0. The number of ether oxygens (including phenoxy) is 1. The number of halogens is 1. The van der Waals surface area contributed by atoms with Gasteiger partial charge in [0.15, 0.2) is 0 Å². The van der Waals surface area contributed by atoms with Gasteiger partial charge in [-0.3, -0.25) is 4.79 Å². The van der Waals surface area contributed by atoms with E-state index in [1.165, 1.54) is 24.5 Å². The van der Waals surface area contributed by atoms with Crippen LogP contribution in [0.4, 0.5) is 10.2 Å². The summed E-state index contributed by atoms with van der Waals surface area (Å²) in [5, 5.41) is 5.87. The molecule has 0 saturated carbocycles. The number of rotatable bonds is 7. The minimum atomic E-state index is -0.344. The standard InChI is InChI=1S/C20H19FN4O2/c1-27-18-5-3-2-4-15(18)11-23-19-13-22-17(12-24-19)20(26)25-10-14-6-8-16(21)9-7-14/h2-9,12-13H,10-11H2,1H3,(H,23,24)(H,25,26). The molecule has 1 amide bonds. The summed E-state index contributed by atoms with van der Waals surface area (Å²) in [4.78, 5) is 20.5. The minimum absolute atomic E-state index is 0.208. The number of amides is 1. The third-order valence-corrected chi connectivity index (χ3v) is 3.90. The molecule has 7 heteroatoms. The molecular formula is C20H19FN4O2. The van der Waals surface area contributed by atoms with Crippen molar-refractivity contribution < 1.29 is 13.9 Å². The first-order chi connectivity index (χ1) is 13.2. The monoisotopic (exact) mass is 366 g/mol. The van der Waals surface area contributed by atoms with Gasteiger partial charge in [0.2, 0.25) is 0 Å². The molecule has 138 valence electrons. The molecule has 1 aromatic heterocycles. The van der Waals surface area contributed by atoms with Crippen molar-refractivity contribution >= 4 is 11.7 Å². The molecule has 0 saturated heterocycles. The van der Waals surface area contributed by atoms with Crippen molar-refractivity contribution in [3.63, 3.8) is 0 Å². The zero-order chi connectivity index (χ0) is 19.1. The smallest absolute Gasteiger partial charge is 0.271 e. The molecule has 0 aliphatic rings. The van der Waals surface area contributed by atoms with Crippen LogP contribution in [0, 0.1) is 5.82 Å². The number of hydrogen-bond donors (Lipinski definition) is 2. The van der Waals surface area contributed by atoms with E-state index in [1.807, 2.05) is 24.3 Å². The van der Waals surface area contributed by atoms with Gasteiger partial charge in [-0.1, -0.05) is 30.3 Å². The zero-order valence-corrected chi connectivity index (χ0v) is 14.8. The van der Waals surface area contributed by atoms with Crippen LogP contribution >= 0.6 is 0 Å². The molecule has 0 spiro atoms. The Bertz CT molecular complexity index is 899. The Labute approximate surface area is 156 Å². The summed E-state index contributed by atoms with van der Waals surface area (Å²) in [6, 6.07) is 13.6. The fourth-order valence-corrected chi connectivity index (χ4v) is 2.45. The van der Waals surface area contributed by atoms with Gasteiger partial charge in [0.1, 0.15) is 23.1 Å². The lowest BCUT2D eigenvalue weighted by Gasteiger charge is -2.10. The van der Waals surface area contributed by atoms with Crippen molar-refractivity contribution in [1.82, 2.24) is 15.3 Å². The van der Waals surface area contributed by atoms with E-state index in [4.69, 9.17) is 4.74 Å². The van der Waals surface area contributed by atoms with Crippen LogP contribution in [0.25, 0.3) is 0 Å². The Hall–Kier alpha value is -3.48. The van der Waals surface area contributed by atoms with Crippen LogP contribution in [0.2, 0.25) is 0 Å². The van der Waals surface area contributed by atoms with E-state index in [1.54, 1.807) is 19.2 Å². The van der Waals surface area contributed by atoms with E-state index < -0.39 is 0 Å². The van der Waals surface area contributed by atoms with E-state index in [9.17, 15) is 9.18 Å². The summed E-state index contributed by atoms with van der Waals surface area (Å²) in [6.07, 6.45) is 2.91. The molecule has 0 unspecified atom stereocenters. The Balaban J connectivity index is 1.54. The molecule has 6 nitrogen and oxygen atoms in total. The average molecular weight is 366 g/mol. The summed E-state index contributed by atoms with van der Waals surface area (Å²) in [5.74, 6) is 0.681. The van der Waals surface area contributed by atoms with Crippen molar-refractivity contribution in [2.24, 2.45) is 0 Å². The van der Waals surface area contributed by atoms with E-state index in [0.717, 1.165) is 16.9 Å². The van der Waals surface area contributed by atoms with Gasteiger partial charge >= 0.3 is 0 Å². The topological polar surface area (TPSA) is 76.1 Å². The number of carbonyl (C=O) groups excluding carboxylic acids is 1. The molecule has 0 bridgehead atoms. The highest BCUT2D eigenvalue weighted by atomic mass is 19.1. The number of methoxy groups -OCH3 is 1. The number of anilines is 1. The molecule has 0 aliphatic heterocycles. The van der Waals surface area contributed by atoms with E-state index in [2.05, 4.69) is 20.6 Å². The first kappa shape index (κ1) is 18.3. The molecule has 2 aromatic carbocycles. The van der Waals surface area contributed by atoms with Crippen LogP contribution in [0.1, 0.15) is 21.6 Å². The van der Waals surface area contributed by atoms with Crippen molar-refractivity contribution in [1.29, 1.82) is 0 Å². The minimum Gasteiger partial charge on any atom is -0.496 e. The van der Waals surface area contributed by atoms with Crippen LogP contribution in [0.5, 0.6) is 5.75 Å². The maximum atomic E-state index is 12.9. The van der Waals surface area contributed by atoms with Crippen molar-refractivity contribution in [3.05, 3.63) is 83.6 Å². The maximum Gasteiger partial charge on any atom is 0.271 e. The largest absolute Gasteiger partial charge is 0.496 e. The second-order valence-corrected chi connectivity index (χ2v) is 5.76. The van der Waals surface area contributed by atoms with Crippen LogP contribution in [-0.2, 0) is 13.1 Å². The maximum absolute atomic E-state index is 12.9. The van der Waals surface area contributed by atoms with Gasteiger partial charge in [0.25, 0.3) is 5.91 Å². The predicted molar refractivity (Wildman–Crippen MR) is 99.9 cm³/mol. The highest BCUT2D eigenvalue weighted by Crippen LogP contribution is 2.18. The van der Waals surface area contributed by atoms with E-state index >= 15 is 0 Å². The Morgan fingerprint density at radius 3 is 2.52 bits per heavy atom. The molecule has 0 aliphatic carbocycles. The van der Waals surface area contributed by atoms with Gasteiger partial charge in [-0.05, 0) is 23.8 Å². The van der Waals surface area contributed by atoms with Crippen molar-refractivity contribution in [2.45, 2.75) is 13.1 Å². The van der Waals surface area contributed by atoms with E-state index in [0.29, 0.717) is 12.4 Å². The van der Waals surface area contributed by atoms with Crippen LogP contribution in [0.3, 0.4) is 0 Å². The number of aromatic nitrogens is 2. The van der Waals surface area contributed by atoms with Gasteiger partial charge in [0.05, 0.1) is 19.5 Å². The van der Waals surface area contributed by atoms with Gasteiger partial charge in [-0.15, -0.1) is 0 Å². The third kappa shape index (κ3) is 5.01. The van der Waals surface area contributed by atoms with Crippen LogP contribution < -0.4 is 15.4 Å². The number of carbonyl (C=O) groups is 1. The molecule has 0 radical (unpaired) electrons. The normalized spacial score (nSPS) is 10.3. The summed E-state index contributed by atoms with van der Waals surface area (Å²) in [6.45, 7) is 0.809. The molecule has 3 aromatic rings. The summed E-state index contributed by atoms with van der Waals surface area (Å²) < 4.78 is 18.2.